The lowest BCUT2D eigenvalue weighted by Crippen LogP contribution is -2.39. The molecule has 1 fully saturated rings. The van der Waals surface area contributed by atoms with Gasteiger partial charge in [0.25, 0.3) is 0 Å². The van der Waals surface area contributed by atoms with Gasteiger partial charge in [-0.25, -0.2) is 0 Å². The number of carbonyl (C=O) groups is 2. The van der Waals surface area contributed by atoms with Crippen LogP contribution < -0.4 is 5.32 Å². The van der Waals surface area contributed by atoms with E-state index >= 15 is 0 Å². The van der Waals surface area contributed by atoms with E-state index in [1.165, 1.54) is 12.5 Å². The van der Waals surface area contributed by atoms with Crippen LogP contribution >= 0.6 is 0 Å². The maximum Gasteiger partial charge on any atom is 0.315 e. The molecule has 1 amide bonds. The van der Waals surface area contributed by atoms with Gasteiger partial charge in [-0.05, 0) is 44.1 Å². The predicted octanol–water partition coefficient (Wildman–Crippen LogP) is 2.23. The third-order valence-corrected chi connectivity index (χ3v) is 4.02. The molecule has 4 nitrogen and oxygen atoms in total. The topological polar surface area (TPSA) is 66.4 Å². The fourth-order valence-electron chi connectivity index (χ4n) is 2.78. The van der Waals surface area contributed by atoms with Gasteiger partial charge in [0, 0.05) is 6.04 Å². The zero-order valence-corrected chi connectivity index (χ0v) is 11.7. The lowest BCUT2D eigenvalue weighted by atomic mass is 9.98. The minimum absolute atomic E-state index is 0.123. The number of carboxylic acid groups (broad SMARTS) is 1. The summed E-state index contributed by atoms with van der Waals surface area (Å²) in [6.45, 7) is 1.42. The van der Waals surface area contributed by atoms with Gasteiger partial charge in [0.2, 0.25) is 5.91 Å². The molecular weight excluding hydrogens is 254 g/mol. The Labute approximate surface area is 119 Å². The maximum atomic E-state index is 11.7. The summed E-state index contributed by atoms with van der Waals surface area (Å²) in [4.78, 5) is 22.5. The molecule has 2 N–H and O–H groups in total. The van der Waals surface area contributed by atoms with E-state index in [1.54, 1.807) is 0 Å². The molecule has 1 aliphatic rings. The summed E-state index contributed by atoms with van der Waals surface area (Å²) < 4.78 is 0. The van der Waals surface area contributed by atoms with Crippen LogP contribution in [0, 0.1) is 11.8 Å². The summed E-state index contributed by atoms with van der Waals surface area (Å²) in [6, 6.07) is 10.5. The number of hydrogen-bond acceptors (Lipinski definition) is 2. The first-order valence-corrected chi connectivity index (χ1v) is 7.13. The van der Waals surface area contributed by atoms with Crippen LogP contribution in [-0.2, 0) is 16.0 Å². The van der Waals surface area contributed by atoms with Gasteiger partial charge in [0.05, 0.1) is 0 Å². The summed E-state index contributed by atoms with van der Waals surface area (Å²) in [5.41, 5.74) is 1.32. The van der Waals surface area contributed by atoms with Gasteiger partial charge < -0.3 is 10.4 Å². The van der Waals surface area contributed by atoms with Crippen molar-refractivity contribution in [3.05, 3.63) is 35.9 Å². The Balaban J connectivity index is 1.81. The van der Waals surface area contributed by atoms with E-state index in [0.29, 0.717) is 5.92 Å². The number of benzene rings is 1. The van der Waals surface area contributed by atoms with Crippen molar-refractivity contribution in [2.24, 2.45) is 11.8 Å². The average Bonchev–Trinajstić information content (AvgIpc) is 2.86. The van der Waals surface area contributed by atoms with Gasteiger partial charge in [-0.15, -0.1) is 0 Å². The number of aliphatic carboxylic acids is 1. The fraction of sp³-hybridized carbons (Fsp3) is 0.500. The number of nitrogens with one attached hydrogen (secondary N) is 1. The molecule has 1 aromatic rings. The molecule has 108 valence electrons. The molecule has 1 aliphatic carbocycles. The van der Waals surface area contributed by atoms with Crippen molar-refractivity contribution in [2.75, 3.05) is 0 Å². The summed E-state index contributed by atoms with van der Waals surface area (Å²) in [7, 11) is 0. The van der Waals surface area contributed by atoms with E-state index in [2.05, 4.69) is 17.4 Å². The van der Waals surface area contributed by atoms with Crippen molar-refractivity contribution in [1.82, 2.24) is 5.32 Å². The number of rotatable bonds is 5. The van der Waals surface area contributed by atoms with Gasteiger partial charge in [-0.3, -0.25) is 9.59 Å². The quantitative estimate of drug-likeness (QED) is 0.810. The second-order valence-corrected chi connectivity index (χ2v) is 5.63. The van der Waals surface area contributed by atoms with Gasteiger partial charge in [0.15, 0.2) is 0 Å². The van der Waals surface area contributed by atoms with Gasteiger partial charge in [-0.1, -0.05) is 30.3 Å². The van der Waals surface area contributed by atoms with Crippen LogP contribution in [0.4, 0.5) is 0 Å². The molecule has 0 radical (unpaired) electrons. The summed E-state index contributed by atoms with van der Waals surface area (Å²) >= 11 is 0. The first kappa shape index (κ1) is 14.6. The highest BCUT2D eigenvalue weighted by molar-refractivity contribution is 5.96. The summed E-state index contributed by atoms with van der Waals surface area (Å²) in [5.74, 6) is -1.84. The van der Waals surface area contributed by atoms with E-state index < -0.39 is 11.9 Å². The lowest BCUT2D eigenvalue weighted by molar-refractivity contribution is -0.146. The molecule has 0 spiro atoms. The second kappa shape index (κ2) is 6.55. The Hall–Kier alpha value is -1.84. The Morgan fingerprint density at radius 3 is 2.65 bits per heavy atom. The zero-order chi connectivity index (χ0) is 14.5. The Morgan fingerprint density at radius 1 is 1.30 bits per heavy atom. The molecule has 0 aliphatic heterocycles. The third kappa shape index (κ3) is 3.83. The number of hydrogen-bond donors (Lipinski definition) is 2. The van der Waals surface area contributed by atoms with Crippen molar-refractivity contribution < 1.29 is 14.7 Å². The van der Waals surface area contributed by atoms with Crippen LogP contribution in [0.5, 0.6) is 0 Å². The SMILES string of the molecule is CC(C(=O)O)C(=O)NC1CCC(Cc2ccccc2)C1. The first-order valence-electron chi connectivity index (χ1n) is 7.13. The summed E-state index contributed by atoms with van der Waals surface area (Å²) in [5, 5.41) is 11.7. The number of amides is 1. The lowest BCUT2D eigenvalue weighted by Gasteiger charge is -2.15. The number of carbonyl (C=O) groups excluding carboxylic acids is 1. The van der Waals surface area contributed by atoms with Crippen molar-refractivity contribution in [1.29, 1.82) is 0 Å². The largest absolute Gasteiger partial charge is 0.481 e. The normalized spacial score (nSPS) is 23.2. The van der Waals surface area contributed by atoms with Gasteiger partial charge in [-0.2, -0.15) is 0 Å². The monoisotopic (exact) mass is 275 g/mol. The molecule has 4 heteroatoms. The van der Waals surface area contributed by atoms with E-state index in [1.807, 2.05) is 18.2 Å². The van der Waals surface area contributed by atoms with E-state index in [-0.39, 0.29) is 11.9 Å². The van der Waals surface area contributed by atoms with Crippen LogP contribution in [-0.4, -0.2) is 23.0 Å². The molecule has 3 unspecified atom stereocenters. The molecule has 0 aromatic heterocycles. The van der Waals surface area contributed by atoms with Gasteiger partial charge >= 0.3 is 5.97 Å². The molecule has 3 atom stereocenters. The standard InChI is InChI=1S/C16H21NO3/c1-11(16(19)20)15(18)17-14-8-7-13(10-14)9-12-5-3-2-4-6-12/h2-6,11,13-14H,7-10H2,1H3,(H,17,18)(H,19,20). The van der Waals surface area contributed by atoms with Crippen LogP contribution in [0.3, 0.4) is 0 Å². The molecular formula is C16H21NO3. The molecule has 0 bridgehead atoms. The van der Waals surface area contributed by atoms with Crippen molar-refractivity contribution in [3.63, 3.8) is 0 Å². The highest BCUT2D eigenvalue weighted by atomic mass is 16.4. The van der Waals surface area contributed by atoms with Crippen molar-refractivity contribution in [3.8, 4) is 0 Å². The Bertz CT molecular complexity index is 472. The second-order valence-electron chi connectivity index (χ2n) is 5.63. The van der Waals surface area contributed by atoms with Gasteiger partial charge in [0.1, 0.15) is 5.92 Å². The highest BCUT2D eigenvalue weighted by Crippen LogP contribution is 2.28. The smallest absolute Gasteiger partial charge is 0.315 e. The predicted molar refractivity (Wildman–Crippen MR) is 76.2 cm³/mol. The third-order valence-electron chi connectivity index (χ3n) is 4.02. The van der Waals surface area contributed by atoms with Crippen LogP contribution in [0.15, 0.2) is 30.3 Å². The molecule has 0 saturated heterocycles. The van der Waals surface area contributed by atoms with E-state index in [4.69, 9.17) is 5.11 Å². The average molecular weight is 275 g/mol. The van der Waals surface area contributed by atoms with Crippen LogP contribution in [0.1, 0.15) is 31.7 Å². The Kier molecular flexibility index (Phi) is 4.77. The molecule has 1 aromatic carbocycles. The minimum atomic E-state index is -1.07. The van der Waals surface area contributed by atoms with Crippen molar-refractivity contribution >= 4 is 11.9 Å². The molecule has 0 heterocycles. The van der Waals surface area contributed by atoms with E-state index in [9.17, 15) is 9.59 Å². The molecule has 20 heavy (non-hydrogen) atoms. The summed E-state index contributed by atoms with van der Waals surface area (Å²) in [6.07, 6.45) is 3.99. The van der Waals surface area contributed by atoms with Crippen LogP contribution in [0.25, 0.3) is 0 Å². The first-order chi connectivity index (χ1) is 9.56. The highest BCUT2D eigenvalue weighted by Gasteiger charge is 2.29. The van der Waals surface area contributed by atoms with Crippen LogP contribution in [0.2, 0.25) is 0 Å². The maximum absolute atomic E-state index is 11.7. The van der Waals surface area contributed by atoms with E-state index in [0.717, 1.165) is 25.7 Å². The molecule has 2 rings (SSSR count). The Morgan fingerprint density at radius 2 is 2.00 bits per heavy atom. The fourth-order valence-corrected chi connectivity index (χ4v) is 2.78. The zero-order valence-electron chi connectivity index (χ0n) is 11.7. The minimum Gasteiger partial charge on any atom is -0.481 e. The molecule has 1 saturated carbocycles. The van der Waals surface area contributed by atoms with Crippen molar-refractivity contribution in [2.45, 2.75) is 38.6 Å². The number of carboxylic acids is 1.